The molecule has 3 heteroatoms. The Labute approximate surface area is 119 Å². The molecule has 19 heavy (non-hydrogen) atoms. The predicted octanol–water partition coefficient (Wildman–Crippen LogP) is 4.07. The molecule has 1 heterocycles. The minimum absolute atomic E-state index is 0.207. The molecule has 0 aliphatic rings. The molecule has 0 saturated carbocycles. The van der Waals surface area contributed by atoms with Crippen molar-refractivity contribution in [1.82, 2.24) is 5.32 Å². The van der Waals surface area contributed by atoms with Crippen molar-refractivity contribution in [2.75, 3.05) is 13.7 Å². The molecule has 1 atom stereocenters. The van der Waals surface area contributed by atoms with E-state index >= 15 is 0 Å². The molecule has 0 spiro atoms. The van der Waals surface area contributed by atoms with Crippen LogP contribution in [-0.2, 0) is 0 Å². The molecule has 0 bridgehead atoms. The smallest absolute Gasteiger partial charge is 0.134 e. The van der Waals surface area contributed by atoms with Gasteiger partial charge in [0.2, 0.25) is 0 Å². The van der Waals surface area contributed by atoms with E-state index in [1.165, 1.54) is 21.6 Å². The van der Waals surface area contributed by atoms with Crippen LogP contribution in [0.15, 0.2) is 29.6 Å². The van der Waals surface area contributed by atoms with Crippen LogP contribution in [0.25, 0.3) is 0 Å². The SMILES string of the molecule is CCNC(c1cc(C)cc(C)c1)c1sccc1OC. The lowest BCUT2D eigenvalue weighted by atomic mass is 10.00. The molecule has 0 saturated heterocycles. The van der Waals surface area contributed by atoms with Gasteiger partial charge in [0.05, 0.1) is 18.0 Å². The second-order valence-corrected chi connectivity index (χ2v) is 5.71. The fourth-order valence-electron chi connectivity index (χ4n) is 2.43. The highest BCUT2D eigenvalue weighted by atomic mass is 32.1. The Kier molecular flexibility index (Phi) is 4.61. The van der Waals surface area contributed by atoms with Gasteiger partial charge < -0.3 is 10.1 Å². The Balaban J connectivity index is 2.45. The maximum absolute atomic E-state index is 5.47. The van der Waals surface area contributed by atoms with E-state index in [-0.39, 0.29) is 6.04 Å². The lowest BCUT2D eigenvalue weighted by molar-refractivity contribution is 0.408. The van der Waals surface area contributed by atoms with Crippen LogP contribution < -0.4 is 10.1 Å². The second kappa shape index (κ2) is 6.22. The Hall–Kier alpha value is -1.32. The zero-order valence-corrected chi connectivity index (χ0v) is 12.8. The van der Waals surface area contributed by atoms with Crippen LogP contribution in [0.1, 0.15) is 34.5 Å². The summed E-state index contributed by atoms with van der Waals surface area (Å²) in [5, 5.41) is 5.65. The molecule has 2 aromatic rings. The molecule has 1 aromatic heterocycles. The Morgan fingerprint density at radius 3 is 2.47 bits per heavy atom. The zero-order chi connectivity index (χ0) is 13.8. The molecule has 0 radical (unpaired) electrons. The van der Waals surface area contributed by atoms with Crippen LogP contribution in [0.5, 0.6) is 5.75 Å². The summed E-state index contributed by atoms with van der Waals surface area (Å²) in [6, 6.07) is 8.95. The molecule has 0 amide bonds. The summed E-state index contributed by atoms with van der Waals surface area (Å²) in [5.41, 5.74) is 3.90. The minimum Gasteiger partial charge on any atom is -0.496 e. The van der Waals surface area contributed by atoms with Crippen LogP contribution >= 0.6 is 11.3 Å². The first-order chi connectivity index (χ1) is 9.15. The fourth-order valence-corrected chi connectivity index (χ4v) is 3.39. The van der Waals surface area contributed by atoms with Crippen molar-refractivity contribution in [3.63, 3.8) is 0 Å². The van der Waals surface area contributed by atoms with Gasteiger partial charge in [0, 0.05) is 0 Å². The van der Waals surface area contributed by atoms with Crippen LogP contribution in [0.4, 0.5) is 0 Å². The molecule has 1 N–H and O–H groups in total. The summed E-state index contributed by atoms with van der Waals surface area (Å²) in [4.78, 5) is 1.24. The van der Waals surface area contributed by atoms with Gasteiger partial charge in [0.1, 0.15) is 5.75 Å². The van der Waals surface area contributed by atoms with Gasteiger partial charge in [-0.05, 0) is 37.4 Å². The van der Waals surface area contributed by atoms with E-state index < -0.39 is 0 Å². The van der Waals surface area contributed by atoms with Gasteiger partial charge >= 0.3 is 0 Å². The van der Waals surface area contributed by atoms with Crippen LogP contribution in [0, 0.1) is 13.8 Å². The fraction of sp³-hybridized carbons (Fsp3) is 0.375. The number of aryl methyl sites for hydroxylation is 2. The first-order valence-electron chi connectivity index (χ1n) is 6.58. The summed E-state index contributed by atoms with van der Waals surface area (Å²) in [5.74, 6) is 0.968. The molecule has 2 rings (SSSR count). The predicted molar refractivity (Wildman–Crippen MR) is 82.3 cm³/mol. The largest absolute Gasteiger partial charge is 0.496 e. The van der Waals surface area contributed by atoms with Gasteiger partial charge in [-0.15, -0.1) is 11.3 Å². The lowest BCUT2D eigenvalue weighted by Gasteiger charge is -2.19. The van der Waals surface area contributed by atoms with Crippen LogP contribution in [0.3, 0.4) is 0 Å². The number of methoxy groups -OCH3 is 1. The lowest BCUT2D eigenvalue weighted by Crippen LogP contribution is -2.21. The third-order valence-electron chi connectivity index (χ3n) is 3.12. The van der Waals surface area contributed by atoms with Crippen molar-refractivity contribution in [2.45, 2.75) is 26.8 Å². The average Bonchev–Trinajstić information content (AvgIpc) is 2.82. The number of hydrogen-bond acceptors (Lipinski definition) is 3. The normalized spacial score (nSPS) is 12.4. The molecule has 2 nitrogen and oxygen atoms in total. The number of rotatable bonds is 5. The van der Waals surface area contributed by atoms with Crippen molar-refractivity contribution in [2.24, 2.45) is 0 Å². The Morgan fingerprint density at radius 2 is 1.89 bits per heavy atom. The van der Waals surface area contributed by atoms with E-state index in [4.69, 9.17) is 4.74 Å². The zero-order valence-electron chi connectivity index (χ0n) is 12.0. The second-order valence-electron chi connectivity index (χ2n) is 4.76. The first kappa shape index (κ1) is 14.1. The topological polar surface area (TPSA) is 21.3 Å². The highest BCUT2D eigenvalue weighted by Gasteiger charge is 2.19. The summed E-state index contributed by atoms with van der Waals surface area (Å²) in [6.07, 6.45) is 0. The van der Waals surface area contributed by atoms with Crippen molar-refractivity contribution in [1.29, 1.82) is 0 Å². The van der Waals surface area contributed by atoms with Crippen LogP contribution in [-0.4, -0.2) is 13.7 Å². The van der Waals surface area contributed by atoms with Gasteiger partial charge in [-0.3, -0.25) is 0 Å². The minimum atomic E-state index is 0.207. The van der Waals surface area contributed by atoms with Crippen molar-refractivity contribution < 1.29 is 4.74 Å². The molecule has 102 valence electrons. The molecular weight excluding hydrogens is 254 g/mol. The Morgan fingerprint density at radius 1 is 1.21 bits per heavy atom. The van der Waals surface area contributed by atoms with Crippen LogP contribution in [0.2, 0.25) is 0 Å². The summed E-state index contributed by atoms with van der Waals surface area (Å²) >= 11 is 1.74. The maximum atomic E-state index is 5.47. The standard InChI is InChI=1S/C16H21NOS/c1-5-17-15(16-14(18-4)6-7-19-16)13-9-11(2)8-12(3)10-13/h6-10,15,17H,5H2,1-4H3. The molecule has 1 unspecified atom stereocenters. The van der Waals surface area contributed by atoms with Gasteiger partial charge in [-0.1, -0.05) is 36.2 Å². The van der Waals surface area contributed by atoms with Gasteiger partial charge in [0.25, 0.3) is 0 Å². The maximum Gasteiger partial charge on any atom is 0.134 e. The van der Waals surface area contributed by atoms with E-state index in [0.29, 0.717) is 0 Å². The highest BCUT2D eigenvalue weighted by molar-refractivity contribution is 7.10. The quantitative estimate of drug-likeness (QED) is 0.888. The number of thiophene rings is 1. The molecule has 0 aliphatic heterocycles. The van der Waals surface area contributed by atoms with Gasteiger partial charge in [-0.2, -0.15) is 0 Å². The average molecular weight is 275 g/mol. The number of hydrogen-bond donors (Lipinski definition) is 1. The first-order valence-corrected chi connectivity index (χ1v) is 7.46. The molecule has 0 aliphatic carbocycles. The van der Waals surface area contributed by atoms with Crippen molar-refractivity contribution in [3.05, 3.63) is 51.2 Å². The monoisotopic (exact) mass is 275 g/mol. The summed E-state index contributed by atoms with van der Waals surface area (Å²) < 4.78 is 5.47. The Bertz CT molecular complexity index is 527. The van der Waals surface area contributed by atoms with Gasteiger partial charge in [-0.25, -0.2) is 0 Å². The van der Waals surface area contributed by atoms with E-state index in [2.05, 4.69) is 49.7 Å². The highest BCUT2D eigenvalue weighted by Crippen LogP contribution is 2.35. The molecular formula is C16H21NOS. The van der Waals surface area contributed by atoms with Gasteiger partial charge in [0.15, 0.2) is 0 Å². The third-order valence-corrected chi connectivity index (χ3v) is 4.09. The third kappa shape index (κ3) is 3.17. The van der Waals surface area contributed by atoms with Crippen molar-refractivity contribution in [3.8, 4) is 5.75 Å². The van der Waals surface area contributed by atoms with E-state index in [0.717, 1.165) is 12.3 Å². The number of ether oxygens (including phenoxy) is 1. The summed E-state index contributed by atoms with van der Waals surface area (Å²) in [7, 11) is 1.73. The molecule has 0 fully saturated rings. The van der Waals surface area contributed by atoms with E-state index in [9.17, 15) is 0 Å². The molecule has 1 aromatic carbocycles. The number of benzene rings is 1. The number of nitrogens with one attached hydrogen (secondary N) is 1. The summed E-state index contributed by atoms with van der Waals surface area (Å²) in [6.45, 7) is 7.35. The van der Waals surface area contributed by atoms with E-state index in [1.807, 2.05) is 6.07 Å². The van der Waals surface area contributed by atoms with E-state index in [1.54, 1.807) is 18.4 Å². The van der Waals surface area contributed by atoms with Crippen molar-refractivity contribution >= 4 is 11.3 Å².